The van der Waals surface area contributed by atoms with Crippen molar-refractivity contribution in [2.24, 2.45) is 0 Å². The van der Waals surface area contributed by atoms with Crippen LogP contribution in [-0.4, -0.2) is 33.2 Å². The molecule has 2 rings (SSSR count). The molecule has 24 heavy (non-hydrogen) atoms. The van der Waals surface area contributed by atoms with E-state index in [0.29, 0.717) is 6.54 Å². The number of halogens is 1. The lowest BCUT2D eigenvalue weighted by Crippen LogP contribution is -3.12. The predicted octanol–water partition coefficient (Wildman–Crippen LogP) is 2.52. The lowest BCUT2D eigenvalue weighted by atomic mass is 10.1. The van der Waals surface area contributed by atoms with Crippen LogP contribution in [0.3, 0.4) is 0 Å². The van der Waals surface area contributed by atoms with Crippen LogP contribution in [0.2, 0.25) is 0 Å². The van der Waals surface area contributed by atoms with Crippen LogP contribution in [0.1, 0.15) is 12.5 Å². The van der Waals surface area contributed by atoms with E-state index in [4.69, 9.17) is 4.74 Å². The molecule has 1 unspecified atom stereocenters. The maximum Gasteiger partial charge on any atom is 0.284 e. The summed E-state index contributed by atoms with van der Waals surface area (Å²) in [5.74, 6) is 0.932. The Labute approximate surface area is 152 Å². The fraction of sp³-hybridized carbons (Fsp3) is 0.316. The van der Waals surface area contributed by atoms with E-state index >= 15 is 0 Å². The van der Waals surface area contributed by atoms with Gasteiger partial charge in [0.05, 0.1) is 14.2 Å². The van der Waals surface area contributed by atoms with E-state index in [1.165, 1.54) is 0 Å². The quantitative estimate of drug-likeness (QED) is 0.820. The summed E-state index contributed by atoms with van der Waals surface area (Å²) >= 11 is 3.50. The zero-order valence-corrected chi connectivity index (χ0v) is 16.1. The number of carbonyl (C=O) groups is 1. The Morgan fingerprint density at radius 3 is 2.54 bits per heavy atom. The number of benzene rings is 2. The third kappa shape index (κ3) is 4.36. The first-order valence-corrected chi connectivity index (χ1v) is 8.70. The fourth-order valence-corrected chi connectivity index (χ4v) is 3.03. The number of likely N-dealkylation sites (N-methyl/N-ethyl adjacent to an activating group) is 2. The maximum absolute atomic E-state index is 12.8. The minimum Gasteiger partial charge on any atom is -0.496 e. The lowest BCUT2D eigenvalue weighted by molar-refractivity contribution is -0.908. The minimum absolute atomic E-state index is 0.0904. The molecule has 1 N–H and O–H groups in total. The molecule has 0 saturated carbocycles. The predicted molar refractivity (Wildman–Crippen MR) is 101 cm³/mol. The van der Waals surface area contributed by atoms with E-state index in [1.54, 1.807) is 12.0 Å². The summed E-state index contributed by atoms with van der Waals surface area (Å²) < 4.78 is 6.43. The van der Waals surface area contributed by atoms with E-state index in [9.17, 15) is 4.79 Å². The van der Waals surface area contributed by atoms with Gasteiger partial charge >= 0.3 is 0 Å². The third-order valence-corrected chi connectivity index (χ3v) is 4.79. The fourth-order valence-electron chi connectivity index (χ4n) is 2.62. The second-order valence-corrected chi connectivity index (χ2v) is 6.85. The molecule has 0 bridgehead atoms. The third-order valence-electron chi connectivity index (χ3n) is 4.30. The maximum atomic E-state index is 12.8. The first kappa shape index (κ1) is 18.5. The summed E-state index contributed by atoms with van der Waals surface area (Å²) in [6.45, 7) is 2.67. The average molecular weight is 392 g/mol. The van der Waals surface area contributed by atoms with E-state index < -0.39 is 0 Å². The largest absolute Gasteiger partial charge is 0.496 e. The van der Waals surface area contributed by atoms with Gasteiger partial charge < -0.3 is 14.5 Å². The van der Waals surface area contributed by atoms with Crippen molar-refractivity contribution in [3.8, 4) is 5.75 Å². The first-order valence-electron chi connectivity index (χ1n) is 7.91. The van der Waals surface area contributed by atoms with Gasteiger partial charge in [0.25, 0.3) is 5.91 Å². The normalized spacial score (nSPS) is 13.2. The number of para-hydroxylation sites is 1. The Kier molecular flexibility index (Phi) is 6.40. The van der Waals surface area contributed by atoms with E-state index in [0.717, 1.165) is 26.4 Å². The van der Waals surface area contributed by atoms with Crippen molar-refractivity contribution in [1.82, 2.24) is 0 Å². The number of rotatable bonds is 6. The van der Waals surface area contributed by atoms with Gasteiger partial charge in [0, 0.05) is 22.8 Å². The molecule has 0 aliphatic carbocycles. The summed E-state index contributed by atoms with van der Waals surface area (Å²) in [5, 5.41) is 0. The Bertz CT molecular complexity index is 691. The van der Waals surface area contributed by atoms with Crippen LogP contribution in [0.15, 0.2) is 53.0 Å². The number of anilines is 1. The van der Waals surface area contributed by atoms with Gasteiger partial charge in [0.2, 0.25) is 0 Å². The Morgan fingerprint density at radius 2 is 1.92 bits per heavy atom. The average Bonchev–Trinajstić information content (AvgIpc) is 2.60. The van der Waals surface area contributed by atoms with Crippen molar-refractivity contribution < 1.29 is 14.4 Å². The molecule has 0 heterocycles. The molecule has 0 aliphatic heterocycles. The van der Waals surface area contributed by atoms with Crippen LogP contribution in [0, 0.1) is 0 Å². The molecule has 2 aromatic carbocycles. The van der Waals surface area contributed by atoms with Crippen LogP contribution in [0.5, 0.6) is 5.75 Å². The number of nitrogens with one attached hydrogen (secondary N) is 1. The molecule has 0 aliphatic rings. The van der Waals surface area contributed by atoms with Gasteiger partial charge in [-0.3, -0.25) is 4.79 Å². The minimum atomic E-state index is -0.168. The number of hydrogen-bond acceptors (Lipinski definition) is 2. The highest BCUT2D eigenvalue weighted by molar-refractivity contribution is 9.10. The smallest absolute Gasteiger partial charge is 0.284 e. The highest BCUT2D eigenvalue weighted by Crippen LogP contribution is 2.22. The van der Waals surface area contributed by atoms with Crippen LogP contribution >= 0.6 is 15.9 Å². The van der Waals surface area contributed by atoms with Crippen molar-refractivity contribution >= 4 is 27.5 Å². The molecule has 2 atom stereocenters. The van der Waals surface area contributed by atoms with Gasteiger partial charge in [0.1, 0.15) is 12.3 Å². The molecule has 0 radical (unpaired) electrons. The Hall–Kier alpha value is -1.85. The van der Waals surface area contributed by atoms with Crippen LogP contribution < -0.4 is 14.5 Å². The summed E-state index contributed by atoms with van der Waals surface area (Å²) in [5.41, 5.74) is 1.98. The number of hydrogen-bond donors (Lipinski definition) is 1. The van der Waals surface area contributed by atoms with E-state index in [-0.39, 0.29) is 11.9 Å². The van der Waals surface area contributed by atoms with Crippen molar-refractivity contribution in [3.63, 3.8) is 0 Å². The number of quaternary nitrogens is 1. The highest BCUT2D eigenvalue weighted by atomic mass is 79.9. The van der Waals surface area contributed by atoms with E-state index in [2.05, 4.69) is 15.9 Å². The van der Waals surface area contributed by atoms with E-state index in [1.807, 2.05) is 69.6 Å². The van der Waals surface area contributed by atoms with Gasteiger partial charge in [0.15, 0.2) is 6.04 Å². The standard InChI is InChI=1S/C19H23BrN2O2/c1-14(19(23)22(3)17-8-6-5-7-9-17)21(2)13-15-12-16(20)10-11-18(15)24-4/h5-12,14H,13H2,1-4H3/p+1/t14-/m1/s1. The first-order chi connectivity index (χ1) is 11.4. The topological polar surface area (TPSA) is 34.0 Å². The Morgan fingerprint density at radius 1 is 1.25 bits per heavy atom. The Balaban J connectivity index is 2.10. The van der Waals surface area contributed by atoms with Gasteiger partial charge in [-0.1, -0.05) is 34.1 Å². The van der Waals surface area contributed by atoms with Crippen LogP contribution in [0.25, 0.3) is 0 Å². The number of nitrogens with zero attached hydrogens (tertiary/aromatic N) is 1. The molecule has 5 heteroatoms. The highest BCUT2D eigenvalue weighted by Gasteiger charge is 2.26. The molecular formula is C19H24BrN2O2+. The molecule has 1 amide bonds. The number of methoxy groups -OCH3 is 1. The van der Waals surface area contributed by atoms with Crippen LogP contribution in [-0.2, 0) is 11.3 Å². The number of ether oxygens (including phenoxy) is 1. The van der Waals surface area contributed by atoms with Crippen molar-refractivity contribution in [3.05, 3.63) is 58.6 Å². The molecule has 2 aromatic rings. The van der Waals surface area contributed by atoms with Gasteiger partial charge in [-0.05, 0) is 37.3 Å². The molecule has 0 fully saturated rings. The van der Waals surface area contributed by atoms with Gasteiger partial charge in [-0.25, -0.2) is 0 Å². The molecule has 0 spiro atoms. The molecule has 0 saturated heterocycles. The van der Waals surface area contributed by atoms with Crippen LogP contribution in [0.4, 0.5) is 5.69 Å². The summed E-state index contributed by atoms with van der Waals surface area (Å²) in [4.78, 5) is 15.6. The van der Waals surface area contributed by atoms with Gasteiger partial charge in [-0.15, -0.1) is 0 Å². The van der Waals surface area contributed by atoms with Gasteiger partial charge in [-0.2, -0.15) is 0 Å². The zero-order valence-electron chi connectivity index (χ0n) is 14.5. The molecule has 128 valence electrons. The number of amides is 1. The lowest BCUT2D eigenvalue weighted by Gasteiger charge is -2.26. The molecular weight excluding hydrogens is 368 g/mol. The summed E-state index contributed by atoms with van der Waals surface area (Å²) in [7, 11) is 5.52. The number of carbonyl (C=O) groups excluding carboxylic acids is 1. The van der Waals surface area contributed by atoms with Crippen molar-refractivity contribution in [2.75, 3.05) is 26.1 Å². The second kappa shape index (κ2) is 8.31. The van der Waals surface area contributed by atoms with Crippen molar-refractivity contribution in [1.29, 1.82) is 0 Å². The monoisotopic (exact) mass is 391 g/mol. The molecule has 0 aromatic heterocycles. The van der Waals surface area contributed by atoms with Crippen molar-refractivity contribution in [2.45, 2.75) is 19.5 Å². The second-order valence-electron chi connectivity index (χ2n) is 5.93. The molecule has 4 nitrogen and oxygen atoms in total. The summed E-state index contributed by atoms with van der Waals surface area (Å²) in [6, 6.07) is 15.5. The SMILES string of the molecule is COc1ccc(Br)cc1C[NH+](C)[C@H](C)C(=O)N(C)c1ccccc1. The zero-order chi connectivity index (χ0) is 17.7. The summed E-state index contributed by atoms with van der Waals surface area (Å²) in [6.07, 6.45) is 0.